The van der Waals surface area contributed by atoms with Crippen molar-refractivity contribution in [2.24, 2.45) is 12.1 Å². The Morgan fingerprint density at radius 1 is 1.35 bits per heavy atom. The summed E-state index contributed by atoms with van der Waals surface area (Å²) in [6.07, 6.45) is 1.58. The number of anilines is 1. The lowest BCUT2D eigenvalue weighted by atomic mass is 10.2. The van der Waals surface area contributed by atoms with Gasteiger partial charge < -0.3 is 0 Å². The number of H-pyrrole nitrogens is 1. The van der Waals surface area contributed by atoms with Gasteiger partial charge in [-0.05, 0) is 17.7 Å². The van der Waals surface area contributed by atoms with Crippen LogP contribution in [-0.2, 0) is 7.05 Å². The standard InChI is InChI=1S/C13H13ClN4O2/c1-17-12(19)7-11(16-13(17)20)18(2)15-8-9-4-3-5-10(14)6-9/h3-8H,1-2H3,(H,16,20). The number of hydrogen-bond acceptors (Lipinski definition) is 4. The predicted molar refractivity (Wildman–Crippen MR) is 79.8 cm³/mol. The van der Waals surface area contributed by atoms with Crippen molar-refractivity contribution in [3.05, 3.63) is 61.8 Å². The van der Waals surface area contributed by atoms with E-state index in [0.29, 0.717) is 10.8 Å². The van der Waals surface area contributed by atoms with E-state index in [0.717, 1.165) is 10.1 Å². The average molecular weight is 293 g/mol. The Bertz CT molecular complexity index is 732. The molecule has 7 heteroatoms. The molecule has 2 rings (SSSR count). The summed E-state index contributed by atoms with van der Waals surface area (Å²) in [5.74, 6) is 0.316. The maximum absolute atomic E-state index is 11.5. The highest BCUT2D eigenvalue weighted by atomic mass is 35.5. The van der Waals surface area contributed by atoms with Crippen LogP contribution < -0.4 is 16.3 Å². The maximum Gasteiger partial charge on any atom is 0.329 e. The van der Waals surface area contributed by atoms with Gasteiger partial charge in [-0.3, -0.25) is 19.4 Å². The molecule has 0 saturated heterocycles. The topological polar surface area (TPSA) is 70.5 Å². The van der Waals surface area contributed by atoms with Crippen LogP contribution in [0.1, 0.15) is 5.56 Å². The molecular formula is C13H13ClN4O2. The van der Waals surface area contributed by atoms with E-state index in [2.05, 4.69) is 10.1 Å². The Labute approximate surface area is 119 Å². The minimum absolute atomic E-state index is 0.316. The molecule has 0 spiro atoms. The molecule has 6 nitrogen and oxygen atoms in total. The van der Waals surface area contributed by atoms with Gasteiger partial charge in [-0.15, -0.1) is 0 Å². The summed E-state index contributed by atoms with van der Waals surface area (Å²) in [5.41, 5.74) is -0.0682. The normalized spacial score (nSPS) is 10.9. The Hall–Kier alpha value is -2.34. The van der Waals surface area contributed by atoms with Gasteiger partial charge in [0.1, 0.15) is 5.82 Å². The molecule has 1 heterocycles. The predicted octanol–water partition coefficient (Wildman–Crippen LogP) is 1.20. The Kier molecular flexibility index (Phi) is 4.05. The summed E-state index contributed by atoms with van der Waals surface area (Å²) in [6, 6.07) is 8.48. The third kappa shape index (κ3) is 3.16. The van der Waals surface area contributed by atoms with Crippen molar-refractivity contribution >= 4 is 23.6 Å². The second-order valence-corrected chi connectivity index (χ2v) is 4.62. The third-order valence-corrected chi connectivity index (χ3v) is 2.94. The van der Waals surface area contributed by atoms with E-state index in [1.54, 1.807) is 25.4 Å². The molecule has 0 radical (unpaired) electrons. The lowest BCUT2D eigenvalue weighted by Gasteiger charge is -2.12. The molecule has 0 aliphatic heterocycles. The number of rotatable bonds is 3. The van der Waals surface area contributed by atoms with Gasteiger partial charge in [0.15, 0.2) is 0 Å². The van der Waals surface area contributed by atoms with E-state index >= 15 is 0 Å². The number of hydrogen-bond donors (Lipinski definition) is 1. The lowest BCUT2D eigenvalue weighted by molar-refractivity contribution is 0.766. The number of nitrogens with zero attached hydrogens (tertiary/aromatic N) is 3. The molecule has 0 atom stereocenters. The van der Waals surface area contributed by atoms with Gasteiger partial charge in [-0.1, -0.05) is 23.7 Å². The van der Waals surface area contributed by atoms with E-state index in [9.17, 15) is 9.59 Å². The highest BCUT2D eigenvalue weighted by Crippen LogP contribution is 2.09. The van der Waals surface area contributed by atoms with Gasteiger partial charge in [-0.25, -0.2) is 4.79 Å². The van der Waals surface area contributed by atoms with Crippen molar-refractivity contribution in [1.82, 2.24) is 9.55 Å². The average Bonchev–Trinajstić information content (AvgIpc) is 2.41. The van der Waals surface area contributed by atoms with E-state index in [-0.39, 0.29) is 0 Å². The first-order valence-electron chi connectivity index (χ1n) is 5.81. The van der Waals surface area contributed by atoms with Gasteiger partial charge in [0.2, 0.25) is 0 Å². The van der Waals surface area contributed by atoms with Crippen LogP contribution in [-0.4, -0.2) is 22.8 Å². The van der Waals surface area contributed by atoms with Crippen molar-refractivity contribution in [2.75, 3.05) is 12.1 Å². The van der Waals surface area contributed by atoms with Crippen LogP contribution >= 0.6 is 11.6 Å². The minimum atomic E-state index is -0.489. The van der Waals surface area contributed by atoms with Gasteiger partial charge in [0.25, 0.3) is 5.56 Å². The Balaban J connectivity index is 2.26. The summed E-state index contributed by atoms with van der Waals surface area (Å²) >= 11 is 5.87. The van der Waals surface area contributed by atoms with Crippen LogP contribution in [0.2, 0.25) is 5.02 Å². The smallest absolute Gasteiger partial charge is 0.292 e. The zero-order valence-corrected chi connectivity index (χ0v) is 11.8. The first-order valence-corrected chi connectivity index (χ1v) is 6.19. The summed E-state index contributed by atoms with van der Waals surface area (Å²) in [6.45, 7) is 0. The molecule has 0 fully saturated rings. The van der Waals surface area contributed by atoms with Crippen LogP contribution in [0, 0.1) is 0 Å². The highest BCUT2D eigenvalue weighted by molar-refractivity contribution is 6.30. The second kappa shape index (κ2) is 5.75. The number of benzene rings is 1. The van der Waals surface area contributed by atoms with Crippen LogP contribution in [0.25, 0.3) is 0 Å². The molecule has 20 heavy (non-hydrogen) atoms. The summed E-state index contributed by atoms with van der Waals surface area (Å²) in [5, 5.41) is 6.17. The van der Waals surface area contributed by atoms with E-state index in [1.165, 1.54) is 18.1 Å². The Morgan fingerprint density at radius 2 is 2.10 bits per heavy atom. The second-order valence-electron chi connectivity index (χ2n) is 4.18. The fraction of sp³-hybridized carbons (Fsp3) is 0.154. The fourth-order valence-corrected chi connectivity index (χ4v) is 1.72. The molecule has 0 unspecified atom stereocenters. The largest absolute Gasteiger partial charge is 0.329 e. The molecule has 0 amide bonds. The third-order valence-electron chi connectivity index (χ3n) is 2.71. The van der Waals surface area contributed by atoms with Crippen LogP contribution in [0.4, 0.5) is 5.82 Å². The first-order chi connectivity index (χ1) is 9.47. The molecule has 1 N–H and O–H groups in total. The van der Waals surface area contributed by atoms with Crippen molar-refractivity contribution in [3.8, 4) is 0 Å². The molecule has 0 saturated carbocycles. The number of halogens is 1. The fourth-order valence-electron chi connectivity index (χ4n) is 1.52. The number of aromatic nitrogens is 2. The maximum atomic E-state index is 11.5. The quantitative estimate of drug-likeness (QED) is 0.682. The van der Waals surface area contributed by atoms with E-state index < -0.39 is 11.2 Å². The van der Waals surface area contributed by atoms with Gasteiger partial charge >= 0.3 is 5.69 Å². The molecule has 1 aromatic heterocycles. The summed E-state index contributed by atoms with van der Waals surface area (Å²) in [7, 11) is 3.03. The molecule has 0 bridgehead atoms. The van der Waals surface area contributed by atoms with Crippen molar-refractivity contribution in [3.63, 3.8) is 0 Å². The van der Waals surface area contributed by atoms with Gasteiger partial charge in [-0.2, -0.15) is 5.10 Å². The van der Waals surface area contributed by atoms with Gasteiger partial charge in [0, 0.05) is 25.2 Å². The number of nitrogens with one attached hydrogen (secondary N) is 1. The molecule has 2 aromatic rings. The van der Waals surface area contributed by atoms with Crippen LogP contribution in [0.5, 0.6) is 0 Å². The Morgan fingerprint density at radius 3 is 2.75 bits per heavy atom. The lowest BCUT2D eigenvalue weighted by Crippen LogP contribution is -2.33. The molecule has 0 aliphatic rings. The molecule has 1 aromatic carbocycles. The van der Waals surface area contributed by atoms with Crippen molar-refractivity contribution < 1.29 is 0 Å². The highest BCUT2D eigenvalue weighted by Gasteiger charge is 2.04. The monoisotopic (exact) mass is 292 g/mol. The molecular weight excluding hydrogens is 280 g/mol. The molecule has 104 valence electrons. The van der Waals surface area contributed by atoms with Gasteiger partial charge in [0.05, 0.1) is 6.21 Å². The van der Waals surface area contributed by atoms with E-state index in [1.807, 2.05) is 12.1 Å². The number of aromatic amines is 1. The number of hydrazone groups is 1. The SMILES string of the molecule is CN(N=Cc1cccc(Cl)c1)c1cc(=O)n(C)c(=O)[nH]1. The van der Waals surface area contributed by atoms with Crippen molar-refractivity contribution in [1.29, 1.82) is 0 Å². The first kappa shape index (κ1) is 14.1. The minimum Gasteiger partial charge on any atom is -0.292 e. The van der Waals surface area contributed by atoms with E-state index in [4.69, 9.17) is 11.6 Å². The van der Waals surface area contributed by atoms with Crippen LogP contribution in [0.3, 0.4) is 0 Å². The summed E-state index contributed by atoms with van der Waals surface area (Å²) < 4.78 is 0.984. The van der Waals surface area contributed by atoms with Crippen LogP contribution in [0.15, 0.2) is 45.0 Å². The zero-order chi connectivity index (χ0) is 14.7. The van der Waals surface area contributed by atoms with Crippen molar-refractivity contribution in [2.45, 2.75) is 0 Å². The summed E-state index contributed by atoms with van der Waals surface area (Å²) in [4.78, 5) is 25.6. The molecule has 0 aliphatic carbocycles. The zero-order valence-electron chi connectivity index (χ0n) is 11.0.